The zero-order valence-corrected chi connectivity index (χ0v) is 30.0. The van der Waals surface area contributed by atoms with Crippen molar-refractivity contribution in [2.24, 2.45) is 0 Å². The molecule has 14 nitrogen and oxygen atoms in total. The summed E-state index contributed by atoms with van der Waals surface area (Å²) < 4.78 is 73.9. The minimum absolute atomic E-state index is 0.0139. The van der Waals surface area contributed by atoms with Crippen LogP contribution < -0.4 is 20.7 Å². The molecule has 0 unspecified atom stereocenters. The molecule has 4 aromatic rings. The van der Waals surface area contributed by atoms with E-state index in [-0.39, 0.29) is 59.2 Å². The molecule has 274 valence electrons. The van der Waals surface area contributed by atoms with E-state index < -0.39 is 50.2 Å². The first-order valence-corrected chi connectivity index (χ1v) is 19.0. The lowest BCUT2D eigenvalue weighted by Gasteiger charge is -2.32. The number of carbonyl (C=O) groups is 1. The van der Waals surface area contributed by atoms with Crippen LogP contribution in [0.4, 0.5) is 8.78 Å². The molecule has 1 amide bonds. The summed E-state index contributed by atoms with van der Waals surface area (Å²) in [7, 11) is -4.20. The van der Waals surface area contributed by atoms with Gasteiger partial charge in [-0.15, -0.1) is 4.80 Å². The molecule has 0 radical (unpaired) electrons. The van der Waals surface area contributed by atoms with Gasteiger partial charge in [0.25, 0.3) is 11.5 Å². The Morgan fingerprint density at radius 2 is 1.76 bits per heavy atom. The summed E-state index contributed by atoms with van der Waals surface area (Å²) in [4.78, 5) is 44.5. The van der Waals surface area contributed by atoms with Crippen LogP contribution in [0.5, 0.6) is 5.75 Å². The van der Waals surface area contributed by atoms with Crippen molar-refractivity contribution in [1.82, 2.24) is 28.9 Å². The minimum Gasteiger partial charge on any atom is -0.434 e. The summed E-state index contributed by atoms with van der Waals surface area (Å²) in [5, 5.41) is 8.95. The molecule has 3 aliphatic rings. The summed E-state index contributed by atoms with van der Waals surface area (Å²) >= 11 is 1.07. The van der Waals surface area contributed by atoms with E-state index >= 15 is 0 Å². The number of alkyl halides is 2. The van der Waals surface area contributed by atoms with Gasteiger partial charge in [-0.25, -0.2) is 17.8 Å². The number of benzene rings is 1. The average molecular weight is 749 g/mol. The topological polar surface area (TPSA) is 166 Å². The van der Waals surface area contributed by atoms with Gasteiger partial charge in [-0.05, 0) is 72.3 Å². The van der Waals surface area contributed by atoms with Crippen LogP contribution in [-0.2, 0) is 36.4 Å². The van der Waals surface area contributed by atoms with Gasteiger partial charge < -0.3 is 14.2 Å². The van der Waals surface area contributed by atoms with E-state index in [0.29, 0.717) is 23.4 Å². The molecule has 3 aromatic heterocycles. The first-order chi connectivity index (χ1) is 24.1. The molecule has 51 heavy (non-hydrogen) atoms. The van der Waals surface area contributed by atoms with Gasteiger partial charge in [0, 0.05) is 11.1 Å². The average Bonchev–Trinajstić information content (AvgIpc) is 3.32. The number of nitrogens with zero attached hydrogens (tertiary/aromatic N) is 5. The predicted octanol–water partition coefficient (Wildman–Crippen LogP) is 3.92. The van der Waals surface area contributed by atoms with Gasteiger partial charge in [0.05, 0.1) is 47.4 Å². The highest BCUT2D eigenvalue weighted by Crippen LogP contribution is 2.44. The fourth-order valence-electron chi connectivity index (χ4n) is 6.91. The molecule has 3 fully saturated rings. The second kappa shape index (κ2) is 12.9. The fraction of sp³-hybridized carbons (Fsp3) is 0.545. The molecule has 1 aromatic carbocycles. The number of sulfonamides is 1. The highest BCUT2D eigenvalue weighted by molar-refractivity contribution is 7.91. The first-order valence-electron chi connectivity index (χ1n) is 16.7. The van der Waals surface area contributed by atoms with Crippen LogP contribution in [0.15, 0.2) is 46.2 Å². The Kier molecular flexibility index (Phi) is 8.95. The second-order valence-corrected chi connectivity index (χ2v) is 17.6. The summed E-state index contributed by atoms with van der Waals surface area (Å²) in [6.07, 6.45) is 4.46. The molecule has 2 bridgehead atoms. The number of ether oxygens (including phenoxy) is 3. The van der Waals surface area contributed by atoms with Crippen molar-refractivity contribution in [2.45, 2.75) is 114 Å². The largest absolute Gasteiger partial charge is 0.434 e. The number of thiophene rings is 1. The van der Waals surface area contributed by atoms with Crippen LogP contribution in [0.25, 0.3) is 15.2 Å². The Balaban J connectivity index is 1.41. The van der Waals surface area contributed by atoms with Crippen molar-refractivity contribution in [3.05, 3.63) is 68.6 Å². The quantitative estimate of drug-likeness (QED) is 0.238. The van der Waals surface area contributed by atoms with E-state index in [9.17, 15) is 31.6 Å². The number of rotatable bonds is 11. The van der Waals surface area contributed by atoms with Crippen LogP contribution in [-0.4, -0.2) is 68.1 Å². The number of aryl methyl sites for hydroxylation is 1. The lowest BCUT2D eigenvalue weighted by Crippen LogP contribution is -2.54. The number of fused-ring (bicyclic) bond motifs is 3. The molecule has 2 saturated heterocycles. The Labute approximate surface area is 295 Å². The van der Waals surface area contributed by atoms with E-state index in [1.165, 1.54) is 48.6 Å². The molecule has 5 heterocycles. The van der Waals surface area contributed by atoms with Crippen LogP contribution in [0, 0.1) is 6.92 Å². The van der Waals surface area contributed by atoms with Gasteiger partial charge in [0.1, 0.15) is 27.2 Å². The molecular weight excluding hydrogens is 711 g/mol. The van der Waals surface area contributed by atoms with Crippen LogP contribution >= 0.6 is 11.3 Å². The van der Waals surface area contributed by atoms with Crippen molar-refractivity contribution >= 4 is 37.5 Å². The Morgan fingerprint density at radius 3 is 2.37 bits per heavy atom. The minimum atomic E-state index is -4.20. The molecule has 1 aliphatic carbocycles. The number of amides is 1. The smallest absolute Gasteiger partial charge is 0.387 e. The van der Waals surface area contributed by atoms with Crippen LogP contribution in [0.1, 0.15) is 76.5 Å². The monoisotopic (exact) mass is 748 g/mol. The first kappa shape index (κ1) is 35.4. The fourth-order valence-corrected chi connectivity index (χ4v) is 8.87. The molecule has 2 aliphatic heterocycles. The number of halogens is 2. The maximum atomic E-state index is 14.7. The number of hydrogen-bond donors (Lipinski definition) is 1. The summed E-state index contributed by atoms with van der Waals surface area (Å²) in [5.74, 6) is -1.13. The molecule has 0 spiro atoms. The normalized spacial score (nSPS) is 22.0. The maximum Gasteiger partial charge on any atom is 0.387 e. The number of nitrogens with one attached hydrogen (secondary N) is 1. The third-order valence-electron chi connectivity index (χ3n) is 9.83. The van der Waals surface area contributed by atoms with Gasteiger partial charge in [-0.1, -0.05) is 29.5 Å². The Morgan fingerprint density at radius 1 is 1.12 bits per heavy atom. The second-order valence-electron chi connectivity index (χ2n) is 14.2. The summed E-state index contributed by atoms with van der Waals surface area (Å²) in [6, 6.07) is 6.17. The predicted molar refractivity (Wildman–Crippen MR) is 182 cm³/mol. The van der Waals surface area contributed by atoms with Gasteiger partial charge in [-0.2, -0.15) is 19.0 Å². The molecule has 1 N–H and O–H groups in total. The number of carbonyl (C=O) groups excluding carboxylic acids is 1. The SMILES string of the molecule is Cc1c(-n2nccn2)sc2c1c(=O)n(C1(C(=O)NS(=O)(=O)C(C)(C)C)CC1)c(=O)n2C[C@H](O[C@H]1C[C@H]2CC[C@@H](C1)O2)c1ccccc1OC(F)F. The molecular formula is C33H38F2N6O8S2. The third-order valence-corrected chi connectivity index (χ3v) is 13.2. The van der Waals surface area contributed by atoms with Crippen molar-refractivity contribution < 1.29 is 36.2 Å². The zero-order valence-electron chi connectivity index (χ0n) is 28.4. The number of para-hydroxylation sites is 1. The Bertz CT molecular complexity index is 2190. The van der Waals surface area contributed by atoms with Crippen LogP contribution in [0.2, 0.25) is 0 Å². The Hall–Kier alpha value is -4.00. The van der Waals surface area contributed by atoms with E-state index in [1.807, 2.05) is 0 Å². The molecule has 1 saturated carbocycles. The van der Waals surface area contributed by atoms with Gasteiger partial charge in [-0.3, -0.25) is 18.9 Å². The number of aromatic nitrogens is 5. The highest BCUT2D eigenvalue weighted by Gasteiger charge is 2.56. The van der Waals surface area contributed by atoms with E-state index in [2.05, 4.69) is 14.9 Å². The van der Waals surface area contributed by atoms with Gasteiger partial charge in [0.2, 0.25) is 10.0 Å². The van der Waals surface area contributed by atoms with Crippen molar-refractivity contribution in [3.8, 4) is 10.8 Å². The zero-order chi connectivity index (χ0) is 36.5. The number of hydrogen-bond acceptors (Lipinski definition) is 11. The van der Waals surface area contributed by atoms with Gasteiger partial charge >= 0.3 is 12.3 Å². The van der Waals surface area contributed by atoms with E-state index in [4.69, 9.17) is 14.2 Å². The lowest BCUT2D eigenvalue weighted by molar-refractivity contribution is -0.124. The van der Waals surface area contributed by atoms with Crippen molar-refractivity contribution in [3.63, 3.8) is 0 Å². The van der Waals surface area contributed by atoms with Crippen molar-refractivity contribution in [2.75, 3.05) is 0 Å². The summed E-state index contributed by atoms with van der Waals surface area (Å²) in [6.45, 7) is 2.53. The third kappa shape index (κ3) is 6.40. The summed E-state index contributed by atoms with van der Waals surface area (Å²) in [5.41, 5.74) is -2.76. The molecule has 4 atom stereocenters. The lowest BCUT2D eigenvalue weighted by atomic mass is 10.0. The highest BCUT2D eigenvalue weighted by atomic mass is 32.2. The van der Waals surface area contributed by atoms with Crippen LogP contribution in [0.3, 0.4) is 0 Å². The van der Waals surface area contributed by atoms with Gasteiger partial charge in [0.15, 0.2) is 0 Å². The van der Waals surface area contributed by atoms with E-state index in [1.54, 1.807) is 25.1 Å². The standard InChI is InChI=1S/C33H38F2N6O8S2/c1-18-25-26(42)40(33(11-12-33)29(43)38-51(45,46)32(2,3)4)31(44)39(28(25)50-27(18)41-36-13-14-37-41)17-24(22-7-5-6-8-23(22)49-30(34)35)48-21-15-19-9-10-20(16-21)47-19/h5-8,13-14,19-21,24,30H,9-12,15-17H2,1-4H3,(H,38,43)/t19-,20+,21+,24-/m0/s1. The maximum absolute atomic E-state index is 14.7. The molecule has 18 heteroatoms. The van der Waals surface area contributed by atoms with E-state index in [0.717, 1.165) is 28.7 Å². The van der Waals surface area contributed by atoms with Crippen molar-refractivity contribution in [1.29, 1.82) is 0 Å². The molecule has 7 rings (SSSR count).